The summed E-state index contributed by atoms with van der Waals surface area (Å²) in [6.07, 6.45) is 0. The van der Waals surface area contributed by atoms with Crippen molar-refractivity contribution in [2.75, 3.05) is 0 Å². The first-order chi connectivity index (χ1) is 21.3. The van der Waals surface area contributed by atoms with Gasteiger partial charge >= 0.3 is 0 Å². The molecule has 0 aliphatic heterocycles. The molecule has 3 heterocycles. The topological polar surface area (TPSA) is 23.0 Å². The largest absolute Gasteiger partial charge is 0.454 e. The molecule has 0 bridgehead atoms. The number of hydrogen-bond acceptors (Lipinski definition) is 1. The van der Waals surface area contributed by atoms with Crippen LogP contribution in [0.25, 0.3) is 87.7 Å². The number of nitrogens with zero attached hydrogens (tertiary/aromatic N) is 2. The highest BCUT2D eigenvalue weighted by atomic mass is 16.3. The van der Waals surface area contributed by atoms with Crippen LogP contribution >= 0.6 is 0 Å². The second-order valence-electron chi connectivity index (χ2n) is 11.3. The Hall–Kier alpha value is -5.80. The summed E-state index contributed by atoms with van der Waals surface area (Å²) in [7, 11) is 0. The average Bonchev–Trinajstić information content (AvgIpc) is 3.72. The number of fused-ring (bicyclic) bond motifs is 11. The zero-order valence-electron chi connectivity index (χ0n) is 23.2. The fraction of sp³-hybridized carbons (Fsp3) is 0. The van der Waals surface area contributed by atoms with Crippen molar-refractivity contribution in [3.8, 4) is 11.4 Å². The van der Waals surface area contributed by atoms with E-state index in [1.165, 1.54) is 59.8 Å². The molecule has 0 N–H and O–H groups in total. The van der Waals surface area contributed by atoms with Gasteiger partial charge in [0.2, 0.25) is 0 Å². The number of benzene rings is 7. The van der Waals surface area contributed by atoms with Crippen LogP contribution in [0.3, 0.4) is 0 Å². The van der Waals surface area contributed by atoms with Gasteiger partial charge in [-0.25, -0.2) is 0 Å². The zero-order chi connectivity index (χ0) is 28.1. The maximum atomic E-state index is 6.71. The van der Waals surface area contributed by atoms with Crippen molar-refractivity contribution in [2.45, 2.75) is 0 Å². The molecule has 0 aliphatic carbocycles. The minimum absolute atomic E-state index is 0.906. The quantitative estimate of drug-likeness (QED) is 0.211. The number of furan rings is 1. The van der Waals surface area contributed by atoms with Gasteiger partial charge in [-0.15, -0.1) is 0 Å². The Bertz CT molecular complexity index is 2720. The molecule has 3 aromatic heterocycles. The maximum Gasteiger partial charge on any atom is 0.159 e. The van der Waals surface area contributed by atoms with E-state index in [9.17, 15) is 0 Å². The third kappa shape index (κ3) is 3.03. The lowest BCUT2D eigenvalue weighted by atomic mass is 10.0. The number of para-hydroxylation sites is 4. The van der Waals surface area contributed by atoms with Crippen LogP contribution in [-0.2, 0) is 0 Å². The summed E-state index contributed by atoms with van der Waals surface area (Å²) in [5, 5.41) is 9.67. The van der Waals surface area contributed by atoms with Crippen molar-refractivity contribution in [1.82, 2.24) is 9.13 Å². The van der Waals surface area contributed by atoms with E-state index in [1.54, 1.807) is 0 Å². The standard InChI is InChI=1S/C40H24N2O/c1-2-12-26(13-3-1)41-33-18-8-6-15-28(33)31-24-37-32(23-36(31)41)29-16-7-9-19-34(29)42(37)35-20-10-17-30-39-27-14-5-4-11-25(27)21-22-38(39)43-40(30)35/h1-24H. The molecule has 0 aliphatic rings. The van der Waals surface area contributed by atoms with Gasteiger partial charge in [0, 0.05) is 38.0 Å². The second kappa shape index (κ2) is 8.37. The van der Waals surface area contributed by atoms with Crippen LogP contribution in [-0.4, -0.2) is 9.13 Å². The van der Waals surface area contributed by atoms with Gasteiger partial charge in [0.1, 0.15) is 5.58 Å². The Morgan fingerprint density at radius 3 is 1.77 bits per heavy atom. The second-order valence-corrected chi connectivity index (χ2v) is 11.3. The molecule has 0 amide bonds. The van der Waals surface area contributed by atoms with Crippen LogP contribution in [0, 0.1) is 0 Å². The first-order valence-electron chi connectivity index (χ1n) is 14.7. The lowest BCUT2D eigenvalue weighted by molar-refractivity contribution is 0.666. The first kappa shape index (κ1) is 22.8. The molecule has 0 saturated heterocycles. The molecular weight excluding hydrogens is 524 g/mol. The van der Waals surface area contributed by atoms with E-state index in [2.05, 4.69) is 155 Å². The Balaban J connectivity index is 1.37. The van der Waals surface area contributed by atoms with E-state index >= 15 is 0 Å². The van der Waals surface area contributed by atoms with Gasteiger partial charge in [0.25, 0.3) is 0 Å². The molecule has 3 nitrogen and oxygen atoms in total. The fourth-order valence-electron chi connectivity index (χ4n) is 7.27. The highest BCUT2D eigenvalue weighted by molar-refractivity contribution is 6.22. The van der Waals surface area contributed by atoms with E-state index in [0.29, 0.717) is 0 Å². The Labute approximate surface area is 246 Å². The molecule has 10 aromatic rings. The highest BCUT2D eigenvalue weighted by Gasteiger charge is 2.21. The maximum absolute atomic E-state index is 6.71. The van der Waals surface area contributed by atoms with Gasteiger partial charge in [-0.05, 0) is 59.3 Å². The van der Waals surface area contributed by atoms with Crippen molar-refractivity contribution in [1.29, 1.82) is 0 Å². The lowest BCUT2D eigenvalue weighted by Crippen LogP contribution is -1.95. The molecule has 7 aromatic carbocycles. The van der Waals surface area contributed by atoms with Crippen molar-refractivity contribution in [2.24, 2.45) is 0 Å². The molecule has 0 unspecified atom stereocenters. The normalized spacial score (nSPS) is 12.2. The van der Waals surface area contributed by atoms with Crippen molar-refractivity contribution >= 4 is 76.3 Å². The van der Waals surface area contributed by atoms with Crippen LogP contribution in [0.2, 0.25) is 0 Å². The van der Waals surface area contributed by atoms with Gasteiger partial charge in [0.05, 0.1) is 27.8 Å². The van der Waals surface area contributed by atoms with E-state index in [-0.39, 0.29) is 0 Å². The monoisotopic (exact) mass is 548 g/mol. The summed E-state index contributed by atoms with van der Waals surface area (Å²) in [4.78, 5) is 0. The lowest BCUT2D eigenvalue weighted by Gasteiger charge is -2.09. The van der Waals surface area contributed by atoms with Crippen molar-refractivity contribution in [3.63, 3.8) is 0 Å². The molecular formula is C40H24N2O. The average molecular weight is 549 g/mol. The summed E-state index contributed by atoms with van der Waals surface area (Å²) >= 11 is 0. The van der Waals surface area contributed by atoms with Crippen LogP contribution in [0.1, 0.15) is 0 Å². The molecule has 0 atom stereocenters. The molecule has 10 rings (SSSR count). The van der Waals surface area contributed by atoms with E-state index in [1.807, 2.05) is 0 Å². The van der Waals surface area contributed by atoms with Crippen LogP contribution in [0.4, 0.5) is 0 Å². The van der Waals surface area contributed by atoms with Gasteiger partial charge < -0.3 is 13.6 Å². The molecule has 0 saturated carbocycles. The Kier molecular flexibility index (Phi) is 4.45. The Morgan fingerprint density at radius 2 is 1.00 bits per heavy atom. The van der Waals surface area contributed by atoms with Gasteiger partial charge in [-0.3, -0.25) is 0 Å². The summed E-state index contributed by atoms with van der Waals surface area (Å²) in [6.45, 7) is 0. The SMILES string of the molecule is c1ccc(-n2c3ccccc3c3cc4c(cc32)c2ccccc2n4-c2cccc3c2oc2ccc4ccccc4c23)cc1. The van der Waals surface area contributed by atoms with E-state index in [0.717, 1.165) is 27.9 Å². The summed E-state index contributed by atoms with van der Waals surface area (Å²) in [5.74, 6) is 0. The van der Waals surface area contributed by atoms with E-state index < -0.39 is 0 Å². The van der Waals surface area contributed by atoms with Crippen molar-refractivity contribution in [3.05, 3.63) is 146 Å². The number of hydrogen-bond donors (Lipinski definition) is 0. The van der Waals surface area contributed by atoms with Gasteiger partial charge in [0.15, 0.2) is 5.58 Å². The predicted octanol–water partition coefficient (Wildman–Crippen LogP) is 10.9. The van der Waals surface area contributed by atoms with Gasteiger partial charge in [-0.1, -0.05) is 97.1 Å². The number of aromatic nitrogens is 2. The summed E-state index contributed by atoms with van der Waals surface area (Å²) < 4.78 is 11.5. The number of rotatable bonds is 2. The fourth-order valence-corrected chi connectivity index (χ4v) is 7.27. The van der Waals surface area contributed by atoms with Crippen LogP contribution < -0.4 is 0 Å². The molecule has 0 spiro atoms. The smallest absolute Gasteiger partial charge is 0.159 e. The molecule has 0 radical (unpaired) electrons. The summed E-state index contributed by atoms with van der Waals surface area (Å²) in [6, 6.07) is 52.2. The molecule has 3 heteroatoms. The van der Waals surface area contributed by atoms with Crippen molar-refractivity contribution < 1.29 is 4.42 Å². The predicted molar refractivity (Wildman–Crippen MR) is 180 cm³/mol. The molecule has 200 valence electrons. The third-order valence-electron chi connectivity index (χ3n) is 9.09. The van der Waals surface area contributed by atoms with Crippen LogP contribution in [0.5, 0.6) is 0 Å². The molecule has 0 fully saturated rings. The first-order valence-corrected chi connectivity index (χ1v) is 14.7. The van der Waals surface area contributed by atoms with Crippen LogP contribution in [0.15, 0.2) is 150 Å². The highest BCUT2D eigenvalue weighted by Crippen LogP contribution is 2.42. The Morgan fingerprint density at radius 1 is 0.395 bits per heavy atom. The third-order valence-corrected chi connectivity index (χ3v) is 9.09. The van der Waals surface area contributed by atoms with Gasteiger partial charge in [-0.2, -0.15) is 0 Å². The molecule has 43 heavy (non-hydrogen) atoms. The summed E-state index contributed by atoms with van der Waals surface area (Å²) in [5.41, 5.74) is 8.78. The van der Waals surface area contributed by atoms with E-state index in [4.69, 9.17) is 4.42 Å². The zero-order valence-corrected chi connectivity index (χ0v) is 23.2. The minimum atomic E-state index is 0.906. The minimum Gasteiger partial charge on any atom is -0.454 e.